The van der Waals surface area contributed by atoms with Crippen molar-refractivity contribution in [2.24, 2.45) is 0 Å². The second-order valence-corrected chi connectivity index (χ2v) is 7.23. The van der Waals surface area contributed by atoms with Crippen molar-refractivity contribution in [3.05, 3.63) is 65.2 Å². The molecule has 0 aliphatic carbocycles. The van der Waals surface area contributed by atoms with Crippen molar-refractivity contribution in [2.75, 3.05) is 11.1 Å². The van der Waals surface area contributed by atoms with Crippen molar-refractivity contribution >= 4 is 45.9 Å². The van der Waals surface area contributed by atoms with Crippen LogP contribution in [0.1, 0.15) is 12.0 Å². The van der Waals surface area contributed by atoms with E-state index in [0.717, 1.165) is 34.1 Å². The molecule has 0 aliphatic heterocycles. The number of anilines is 1. The van der Waals surface area contributed by atoms with Crippen LogP contribution in [0, 0.1) is 0 Å². The summed E-state index contributed by atoms with van der Waals surface area (Å²) >= 11 is 7.12. The van der Waals surface area contributed by atoms with Crippen LogP contribution in [0.5, 0.6) is 0 Å². The number of pyridine rings is 1. The van der Waals surface area contributed by atoms with Crippen LogP contribution in [0.25, 0.3) is 10.9 Å². The summed E-state index contributed by atoms with van der Waals surface area (Å²) in [6, 6.07) is 14.5. The Morgan fingerprint density at radius 1 is 1.11 bits per heavy atom. The van der Waals surface area contributed by atoms with Gasteiger partial charge in [0.15, 0.2) is 0 Å². The standard InChI is InChI=1S/C19H14ClF3N2OS/c20-13-6-7-14(19(21,22)23)16(11-13)24-17(26)9-10-27-18-8-5-12-3-1-2-4-15(12)25-18/h1-8,11H,9-10H2,(H,24,26). The first-order valence-corrected chi connectivity index (χ1v) is 9.34. The van der Waals surface area contributed by atoms with Gasteiger partial charge in [-0.3, -0.25) is 4.79 Å². The highest BCUT2D eigenvalue weighted by atomic mass is 35.5. The molecule has 0 radical (unpaired) electrons. The summed E-state index contributed by atoms with van der Waals surface area (Å²) in [5.74, 6) is -0.130. The number of rotatable bonds is 5. The Kier molecular flexibility index (Phi) is 5.92. The van der Waals surface area contributed by atoms with Gasteiger partial charge in [0.1, 0.15) is 0 Å². The molecule has 8 heteroatoms. The lowest BCUT2D eigenvalue weighted by molar-refractivity contribution is -0.137. The maximum Gasteiger partial charge on any atom is 0.418 e. The predicted molar refractivity (Wildman–Crippen MR) is 102 cm³/mol. The Morgan fingerprint density at radius 3 is 2.67 bits per heavy atom. The number of nitrogens with one attached hydrogen (secondary N) is 1. The van der Waals surface area contributed by atoms with Crippen LogP contribution in [-0.4, -0.2) is 16.6 Å². The van der Waals surface area contributed by atoms with Crippen molar-refractivity contribution in [3.63, 3.8) is 0 Å². The van der Waals surface area contributed by atoms with Gasteiger partial charge in [0.2, 0.25) is 5.91 Å². The van der Waals surface area contributed by atoms with Crippen molar-refractivity contribution < 1.29 is 18.0 Å². The average molecular weight is 411 g/mol. The van der Waals surface area contributed by atoms with E-state index in [1.165, 1.54) is 11.8 Å². The van der Waals surface area contributed by atoms with Crippen LogP contribution in [0.15, 0.2) is 59.6 Å². The smallest absolute Gasteiger partial charge is 0.325 e. The Balaban J connectivity index is 1.60. The van der Waals surface area contributed by atoms with E-state index in [2.05, 4.69) is 10.3 Å². The number of benzene rings is 2. The number of para-hydroxylation sites is 1. The Hall–Kier alpha value is -2.25. The number of hydrogen-bond acceptors (Lipinski definition) is 3. The fraction of sp³-hybridized carbons (Fsp3) is 0.158. The quantitative estimate of drug-likeness (QED) is 0.522. The third-order valence-electron chi connectivity index (χ3n) is 3.71. The van der Waals surface area contributed by atoms with Gasteiger partial charge < -0.3 is 5.32 Å². The number of amides is 1. The van der Waals surface area contributed by atoms with Gasteiger partial charge in [-0.1, -0.05) is 35.9 Å². The van der Waals surface area contributed by atoms with E-state index < -0.39 is 17.6 Å². The topological polar surface area (TPSA) is 42.0 Å². The largest absolute Gasteiger partial charge is 0.418 e. The molecule has 0 unspecified atom stereocenters. The van der Waals surface area contributed by atoms with Gasteiger partial charge in [-0.25, -0.2) is 4.98 Å². The maximum absolute atomic E-state index is 13.0. The summed E-state index contributed by atoms with van der Waals surface area (Å²) in [6.07, 6.45) is -4.53. The number of aromatic nitrogens is 1. The number of thioether (sulfide) groups is 1. The summed E-state index contributed by atoms with van der Waals surface area (Å²) in [7, 11) is 0. The molecule has 3 aromatic rings. The highest BCUT2D eigenvalue weighted by molar-refractivity contribution is 7.99. The molecule has 0 saturated heterocycles. The molecular formula is C19H14ClF3N2OS. The van der Waals surface area contributed by atoms with E-state index in [9.17, 15) is 18.0 Å². The zero-order chi connectivity index (χ0) is 19.4. The third kappa shape index (κ3) is 5.14. The summed E-state index contributed by atoms with van der Waals surface area (Å²) in [6.45, 7) is 0. The molecule has 0 aliphatic rings. The highest BCUT2D eigenvalue weighted by Crippen LogP contribution is 2.36. The lowest BCUT2D eigenvalue weighted by Crippen LogP contribution is -2.17. The van der Waals surface area contributed by atoms with Crippen LogP contribution in [0.4, 0.5) is 18.9 Å². The summed E-state index contributed by atoms with van der Waals surface area (Å²) in [5, 5.41) is 4.18. The highest BCUT2D eigenvalue weighted by Gasteiger charge is 2.33. The van der Waals surface area contributed by atoms with E-state index in [-0.39, 0.29) is 17.1 Å². The van der Waals surface area contributed by atoms with Crippen molar-refractivity contribution in [1.82, 2.24) is 4.98 Å². The number of carbonyl (C=O) groups is 1. The molecule has 0 atom stereocenters. The minimum atomic E-state index is -4.57. The van der Waals surface area contributed by atoms with Crippen LogP contribution in [0.3, 0.4) is 0 Å². The molecule has 1 amide bonds. The molecule has 0 saturated carbocycles. The first kappa shape index (κ1) is 19.5. The van der Waals surface area contributed by atoms with Crippen LogP contribution < -0.4 is 5.32 Å². The molecule has 0 fully saturated rings. The molecular weight excluding hydrogens is 397 g/mol. The predicted octanol–water partition coefficient (Wildman–Crippen LogP) is 6.03. The fourth-order valence-electron chi connectivity index (χ4n) is 2.46. The molecule has 0 bridgehead atoms. The number of hydrogen-bond donors (Lipinski definition) is 1. The molecule has 27 heavy (non-hydrogen) atoms. The SMILES string of the molecule is O=C(CCSc1ccc2ccccc2n1)Nc1cc(Cl)ccc1C(F)(F)F. The van der Waals surface area contributed by atoms with Gasteiger partial charge in [-0.15, -0.1) is 11.8 Å². The van der Waals surface area contributed by atoms with Crippen molar-refractivity contribution in [1.29, 1.82) is 0 Å². The molecule has 3 nitrogen and oxygen atoms in total. The van der Waals surface area contributed by atoms with Gasteiger partial charge in [0.25, 0.3) is 0 Å². The minimum absolute atomic E-state index is 0.0446. The van der Waals surface area contributed by atoms with Gasteiger partial charge in [0, 0.05) is 22.6 Å². The molecule has 0 spiro atoms. The number of carbonyl (C=O) groups excluding carboxylic acids is 1. The fourth-order valence-corrected chi connectivity index (χ4v) is 3.45. The summed E-state index contributed by atoms with van der Waals surface area (Å²) in [5.41, 5.74) is -0.418. The molecule has 2 aromatic carbocycles. The second-order valence-electron chi connectivity index (χ2n) is 5.68. The molecule has 1 aromatic heterocycles. The normalized spacial score (nSPS) is 11.6. The number of halogens is 4. The van der Waals surface area contributed by atoms with Gasteiger partial charge in [-0.05, 0) is 30.3 Å². The molecule has 1 N–H and O–H groups in total. The van der Waals surface area contributed by atoms with E-state index in [4.69, 9.17) is 11.6 Å². The van der Waals surface area contributed by atoms with E-state index in [1.807, 2.05) is 36.4 Å². The monoisotopic (exact) mass is 410 g/mol. The third-order valence-corrected chi connectivity index (χ3v) is 4.88. The maximum atomic E-state index is 13.0. The molecule has 140 valence electrons. The van der Waals surface area contributed by atoms with Crippen LogP contribution >= 0.6 is 23.4 Å². The van der Waals surface area contributed by atoms with Crippen LogP contribution in [-0.2, 0) is 11.0 Å². The zero-order valence-electron chi connectivity index (χ0n) is 13.9. The van der Waals surface area contributed by atoms with Gasteiger partial charge in [-0.2, -0.15) is 13.2 Å². The Labute approximate surface area is 162 Å². The Bertz CT molecular complexity index is 979. The van der Waals surface area contributed by atoms with Gasteiger partial charge in [0.05, 0.1) is 21.8 Å². The number of fused-ring (bicyclic) bond motifs is 1. The van der Waals surface area contributed by atoms with E-state index in [1.54, 1.807) is 0 Å². The zero-order valence-corrected chi connectivity index (χ0v) is 15.5. The van der Waals surface area contributed by atoms with Gasteiger partial charge >= 0.3 is 6.18 Å². The summed E-state index contributed by atoms with van der Waals surface area (Å²) < 4.78 is 39.1. The first-order valence-electron chi connectivity index (χ1n) is 7.98. The number of alkyl halides is 3. The minimum Gasteiger partial charge on any atom is -0.325 e. The van der Waals surface area contributed by atoms with Crippen LogP contribution in [0.2, 0.25) is 5.02 Å². The van der Waals surface area contributed by atoms with E-state index >= 15 is 0 Å². The first-order chi connectivity index (χ1) is 12.8. The lowest BCUT2D eigenvalue weighted by Gasteiger charge is -2.14. The molecule has 3 rings (SSSR count). The van der Waals surface area contributed by atoms with Crippen molar-refractivity contribution in [2.45, 2.75) is 17.6 Å². The average Bonchev–Trinajstić information content (AvgIpc) is 2.60. The molecule has 1 heterocycles. The van der Waals surface area contributed by atoms with E-state index in [0.29, 0.717) is 5.75 Å². The lowest BCUT2D eigenvalue weighted by atomic mass is 10.1. The second kappa shape index (κ2) is 8.19. The number of nitrogens with zero attached hydrogens (tertiary/aromatic N) is 1. The Morgan fingerprint density at radius 2 is 1.89 bits per heavy atom. The summed E-state index contributed by atoms with van der Waals surface area (Å²) in [4.78, 5) is 16.5. The van der Waals surface area contributed by atoms with Crippen molar-refractivity contribution in [3.8, 4) is 0 Å².